The maximum Gasteiger partial charge on any atom is 0.407 e. The minimum absolute atomic E-state index is 0.200. The molecule has 1 amide bonds. The molecule has 1 aromatic carbocycles. The number of hydrogen-bond donors (Lipinski definition) is 1. The van der Waals surface area contributed by atoms with E-state index in [2.05, 4.69) is 5.32 Å². The smallest absolute Gasteiger partial charge is 0.407 e. The van der Waals surface area contributed by atoms with E-state index in [4.69, 9.17) is 4.74 Å². The lowest BCUT2D eigenvalue weighted by atomic mass is 10.1. The molecular weight excluding hydrogens is 257 g/mol. The maximum atomic E-state index is 13.1. The first kappa shape index (κ1) is 16.2. The highest BCUT2D eigenvalue weighted by atomic mass is 19.1. The van der Waals surface area contributed by atoms with Gasteiger partial charge < -0.3 is 10.1 Å². The van der Waals surface area contributed by atoms with E-state index in [1.807, 2.05) is 32.9 Å². The molecule has 1 rings (SSSR count). The summed E-state index contributed by atoms with van der Waals surface area (Å²) in [6.45, 7) is 7.71. The van der Waals surface area contributed by atoms with Gasteiger partial charge in [0.1, 0.15) is 11.4 Å². The molecule has 0 bridgehead atoms. The van der Waals surface area contributed by atoms with Crippen molar-refractivity contribution in [3.63, 3.8) is 0 Å². The molecule has 1 N–H and O–H groups in total. The Labute approximate surface area is 119 Å². The fourth-order valence-corrected chi connectivity index (χ4v) is 1.56. The molecular formula is C16H22FNO2. The molecule has 0 saturated carbocycles. The second-order valence-corrected chi connectivity index (χ2v) is 5.63. The molecule has 3 nitrogen and oxygen atoms in total. The van der Waals surface area contributed by atoms with Crippen molar-refractivity contribution in [2.45, 2.75) is 39.7 Å². The fourth-order valence-electron chi connectivity index (χ4n) is 1.56. The quantitative estimate of drug-likeness (QED) is 0.844. The Kier molecular flexibility index (Phi) is 5.74. The van der Waals surface area contributed by atoms with Gasteiger partial charge in [-0.15, -0.1) is 0 Å². The fraction of sp³-hybridized carbons (Fsp3) is 0.438. The summed E-state index contributed by atoms with van der Waals surface area (Å²) in [4.78, 5) is 11.4. The number of amides is 1. The molecule has 20 heavy (non-hydrogen) atoms. The lowest BCUT2D eigenvalue weighted by Crippen LogP contribution is -2.32. The molecule has 0 unspecified atom stereocenters. The number of rotatable bonds is 4. The van der Waals surface area contributed by atoms with Crippen molar-refractivity contribution in [1.82, 2.24) is 5.32 Å². The topological polar surface area (TPSA) is 38.3 Å². The van der Waals surface area contributed by atoms with E-state index in [0.717, 1.165) is 5.56 Å². The van der Waals surface area contributed by atoms with Crippen molar-refractivity contribution in [1.29, 1.82) is 0 Å². The predicted molar refractivity (Wildman–Crippen MR) is 79.0 cm³/mol. The maximum absolute atomic E-state index is 13.1. The first-order valence-electron chi connectivity index (χ1n) is 6.67. The van der Waals surface area contributed by atoms with E-state index >= 15 is 0 Å². The molecule has 0 aromatic heterocycles. The number of carbonyl (C=O) groups excluding carboxylic acids is 1. The third-order valence-corrected chi connectivity index (χ3v) is 2.47. The van der Waals surface area contributed by atoms with Gasteiger partial charge in [-0.3, -0.25) is 0 Å². The summed E-state index contributed by atoms with van der Waals surface area (Å²) in [5.74, 6) is -0.200. The van der Waals surface area contributed by atoms with Gasteiger partial charge in [-0.25, -0.2) is 9.18 Å². The second kappa shape index (κ2) is 7.08. The Bertz CT molecular complexity index is 490. The lowest BCUT2D eigenvalue weighted by Gasteiger charge is -2.19. The van der Waals surface area contributed by atoms with E-state index < -0.39 is 11.7 Å². The lowest BCUT2D eigenvalue weighted by molar-refractivity contribution is 0.0529. The zero-order chi connectivity index (χ0) is 15.2. The Morgan fingerprint density at radius 3 is 2.70 bits per heavy atom. The SMILES string of the molecule is Cc1cc(C=CCCNC(=O)OC(C)(C)C)ccc1F. The summed E-state index contributed by atoms with van der Waals surface area (Å²) in [5, 5.41) is 2.67. The number of halogens is 1. The van der Waals surface area contributed by atoms with Gasteiger partial charge in [0.15, 0.2) is 0 Å². The van der Waals surface area contributed by atoms with Gasteiger partial charge in [-0.1, -0.05) is 18.2 Å². The predicted octanol–water partition coefficient (Wildman–Crippen LogP) is 4.06. The second-order valence-electron chi connectivity index (χ2n) is 5.63. The first-order valence-corrected chi connectivity index (χ1v) is 6.67. The van der Waals surface area contributed by atoms with E-state index in [9.17, 15) is 9.18 Å². The van der Waals surface area contributed by atoms with Crippen molar-refractivity contribution in [2.75, 3.05) is 6.54 Å². The van der Waals surface area contributed by atoms with Gasteiger partial charge in [-0.05, 0) is 57.4 Å². The van der Waals surface area contributed by atoms with Crippen LogP contribution in [0.4, 0.5) is 9.18 Å². The average molecular weight is 279 g/mol. The van der Waals surface area contributed by atoms with Crippen LogP contribution in [0, 0.1) is 12.7 Å². The number of alkyl carbamates (subject to hydrolysis) is 1. The molecule has 0 aliphatic carbocycles. The van der Waals surface area contributed by atoms with Crippen LogP contribution in [0.3, 0.4) is 0 Å². The van der Waals surface area contributed by atoms with Gasteiger partial charge in [0.25, 0.3) is 0 Å². The van der Waals surface area contributed by atoms with Crippen molar-refractivity contribution in [3.05, 3.63) is 41.2 Å². The largest absolute Gasteiger partial charge is 0.444 e. The Balaban J connectivity index is 2.32. The van der Waals surface area contributed by atoms with Crippen LogP contribution >= 0.6 is 0 Å². The number of hydrogen-bond acceptors (Lipinski definition) is 2. The molecule has 0 heterocycles. The van der Waals surface area contributed by atoms with Crippen LogP contribution < -0.4 is 5.32 Å². The zero-order valence-corrected chi connectivity index (χ0v) is 12.5. The summed E-state index contributed by atoms with van der Waals surface area (Å²) in [5.41, 5.74) is 1.09. The van der Waals surface area contributed by atoms with Gasteiger partial charge in [-0.2, -0.15) is 0 Å². The van der Waals surface area contributed by atoms with Crippen molar-refractivity contribution in [2.24, 2.45) is 0 Å². The Morgan fingerprint density at radius 2 is 2.10 bits per heavy atom. The van der Waals surface area contributed by atoms with Gasteiger partial charge in [0.05, 0.1) is 0 Å². The third kappa shape index (κ3) is 6.36. The molecule has 0 saturated heterocycles. The van der Waals surface area contributed by atoms with Gasteiger partial charge >= 0.3 is 6.09 Å². The molecule has 0 spiro atoms. The molecule has 0 aliphatic heterocycles. The molecule has 0 atom stereocenters. The monoisotopic (exact) mass is 279 g/mol. The molecule has 4 heteroatoms. The van der Waals surface area contributed by atoms with Crippen LogP contribution in [0.15, 0.2) is 24.3 Å². The zero-order valence-electron chi connectivity index (χ0n) is 12.5. The van der Waals surface area contributed by atoms with Crippen LogP contribution in [-0.4, -0.2) is 18.2 Å². The average Bonchev–Trinajstić information content (AvgIpc) is 2.31. The number of aryl methyl sites for hydroxylation is 1. The standard InChI is InChI=1S/C16H22FNO2/c1-12-11-13(8-9-14(12)17)7-5-6-10-18-15(19)20-16(2,3)4/h5,7-9,11H,6,10H2,1-4H3,(H,18,19). The van der Waals surface area contributed by atoms with E-state index in [1.54, 1.807) is 19.1 Å². The van der Waals surface area contributed by atoms with Crippen LogP contribution in [0.2, 0.25) is 0 Å². The molecule has 1 aromatic rings. The number of nitrogens with one attached hydrogen (secondary N) is 1. The highest BCUT2D eigenvalue weighted by Crippen LogP contribution is 2.10. The first-order chi connectivity index (χ1) is 9.28. The van der Waals surface area contributed by atoms with E-state index in [-0.39, 0.29) is 5.82 Å². The summed E-state index contributed by atoms with van der Waals surface area (Å²) in [6, 6.07) is 4.96. The summed E-state index contributed by atoms with van der Waals surface area (Å²) in [7, 11) is 0. The normalized spacial score (nSPS) is 11.7. The van der Waals surface area contributed by atoms with Gasteiger partial charge in [0, 0.05) is 6.54 Å². The summed E-state index contributed by atoms with van der Waals surface area (Å²) in [6.07, 6.45) is 4.12. The number of ether oxygens (including phenoxy) is 1. The molecule has 110 valence electrons. The third-order valence-electron chi connectivity index (χ3n) is 2.47. The summed E-state index contributed by atoms with van der Waals surface area (Å²) < 4.78 is 18.2. The summed E-state index contributed by atoms with van der Waals surface area (Å²) >= 11 is 0. The van der Waals surface area contributed by atoms with Gasteiger partial charge in [0.2, 0.25) is 0 Å². The van der Waals surface area contributed by atoms with Crippen LogP contribution in [-0.2, 0) is 4.74 Å². The highest BCUT2D eigenvalue weighted by molar-refractivity contribution is 5.67. The molecule has 0 fully saturated rings. The minimum atomic E-state index is -0.481. The van der Waals surface area contributed by atoms with Crippen molar-refractivity contribution >= 4 is 12.2 Å². The Morgan fingerprint density at radius 1 is 1.40 bits per heavy atom. The van der Waals surface area contributed by atoms with E-state index in [1.165, 1.54) is 6.07 Å². The number of benzene rings is 1. The van der Waals surface area contributed by atoms with Crippen LogP contribution in [0.5, 0.6) is 0 Å². The highest BCUT2D eigenvalue weighted by Gasteiger charge is 2.15. The van der Waals surface area contributed by atoms with Crippen LogP contribution in [0.1, 0.15) is 38.3 Å². The molecule has 0 radical (unpaired) electrons. The number of carbonyl (C=O) groups is 1. The van der Waals surface area contributed by atoms with Crippen molar-refractivity contribution in [3.8, 4) is 0 Å². The van der Waals surface area contributed by atoms with Crippen LogP contribution in [0.25, 0.3) is 6.08 Å². The van der Waals surface area contributed by atoms with E-state index in [0.29, 0.717) is 18.5 Å². The van der Waals surface area contributed by atoms with Crippen molar-refractivity contribution < 1.29 is 13.9 Å². The minimum Gasteiger partial charge on any atom is -0.444 e. The molecule has 0 aliphatic rings. The Hall–Kier alpha value is -1.84.